The molecular formula is C17H18FN. The molecule has 2 heteroatoms. The largest absolute Gasteiger partial charge is 0.384 e. The summed E-state index contributed by atoms with van der Waals surface area (Å²) in [6.45, 7) is 0.928. The lowest BCUT2D eigenvalue weighted by atomic mass is 9.99. The molecule has 1 atom stereocenters. The van der Waals surface area contributed by atoms with Crippen LogP contribution in [0.5, 0.6) is 0 Å². The Morgan fingerprint density at radius 2 is 1.89 bits per heavy atom. The zero-order valence-corrected chi connectivity index (χ0v) is 10.9. The molecule has 0 amide bonds. The minimum Gasteiger partial charge on any atom is -0.384 e. The zero-order valence-electron chi connectivity index (χ0n) is 10.9. The van der Waals surface area contributed by atoms with Crippen LogP contribution >= 0.6 is 0 Å². The third-order valence-electron chi connectivity index (χ3n) is 3.75. The van der Waals surface area contributed by atoms with E-state index in [0.29, 0.717) is 6.42 Å². The number of anilines is 1. The van der Waals surface area contributed by atoms with Gasteiger partial charge in [0.2, 0.25) is 0 Å². The standard InChI is InChI=1S/C17H18FN/c18-16(10-9-13-5-2-1-3-6-13)15-8-4-7-14-11-12-19-17(14)15/h1-8,16,19H,9-12H2. The molecule has 1 heterocycles. The van der Waals surface area contributed by atoms with Crippen molar-refractivity contribution in [2.75, 3.05) is 11.9 Å². The molecule has 0 saturated heterocycles. The smallest absolute Gasteiger partial charge is 0.127 e. The lowest BCUT2D eigenvalue weighted by Gasteiger charge is -2.13. The van der Waals surface area contributed by atoms with Gasteiger partial charge in [0.05, 0.1) is 0 Å². The van der Waals surface area contributed by atoms with Crippen molar-refractivity contribution in [2.24, 2.45) is 0 Å². The normalized spacial score (nSPS) is 14.8. The van der Waals surface area contributed by atoms with Crippen LogP contribution in [-0.2, 0) is 12.8 Å². The van der Waals surface area contributed by atoms with Crippen molar-refractivity contribution in [2.45, 2.75) is 25.4 Å². The van der Waals surface area contributed by atoms with E-state index in [0.717, 1.165) is 30.6 Å². The van der Waals surface area contributed by atoms with Crippen molar-refractivity contribution >= 4 is 5.69 Å². The summed E-state index contributed by atoms with van der Waals surface area (Å²) in [6.07, 6.45) is 1.45. The Bertz CT molecular complexity index is 550. The molecule has 0 bridgehead atoms. The Kier molecular flexibility index (Phi) is 3.49. The summed E-state index contributed by atoms with van der Waals surface area (Å²) >= 11 is 0. The highest BCUT2D eigenvalue weighted by Gasteiger charge is 2.19. The van der Waals surface area contributed by atoms with Crippen LogP contribution in [-0.4, -0.2) is 6.54 Å². The number of benzene rings is 2. The molecule has 3 rings (SSSR count). The van der Waals surface area contributed by atoms with Crippen LogP contribution in [0.1, 0.15) is 29.3 Å². The number of rotatable bonds is 4. The van der Waals surface area contributed by atoms with Gasteiger partial charge in [0.25, 0.3) is 0 Å². The van der Waals surface area contributed by atoms with E-state index >= 15 is 0 Å². The Labute approximate surface area is 113 Å². The number of halogens is 1. The van der Waals surface area contributed by atoms with Gasteiger partial charge in [-0.1, -0.05) is 48.5 Å². The first-order valence-electron chi connectivity index (χ1n) is 6.88. The summed E-state index contributed by atoms with van der Waals surface area (Å²) < 4.78 is 14.4. The first kappa shape index (κ1) is 12.2. The molecule has 2 aromatic carbocycles. The molecule has 0 radical (unpaired) electrons. The maximum atomic E-state index is 14.4. The van der Waals surface area contributed by atoms with E-state index in [1.54, 1.807) is 0 Å². The fourth-order valence-electron chi connectivity index (χ4n) is 2.72. The highest BCUT2D eigenvalue weighted by atomic mass is 19.1. The Morgan fingerprint density at radius 1 is 1.05 bits per heavy atom. The first-order valence-corrected chi connectivity index (χ1v) is 6.88. The van der Waals surface area contributed by atoms with E-state index in [-0.39, 0.29) is 0 Å². The SMILES string of the molecule is FC(CCc1ccccc1)c1cccc2c1NCC2. The van der Waals surface area contributed by atoms with Crippen molar-refractivity contribution in [1.82, 2.24) is 0 Å². The molecule has 19 heavy (non-hydrogen) atoms. The molecular weight excluding hydrogens is 237 g/mol. The molecule has 1 aliphatic heterocycles. The highest BCUT2D eigenvalue weighted by Crippen LogP contribution is 2.34. The van der Waals surface area contributed by atoms with Crippen molar-refractivity contribution in [3.63, 3.8) is 0 Å². The average molecular weight is 255 g/mol. The summed E-state index contributed by atoms with van der Waals surface area (Å²) in [4.78, 5) is 0. The van der Waals surface area contributed by atoms with Crippen LogP contribution in [0.2, 0.25) is 0 Å². The first-order chi connectivity index (χ1) is 9.34. The molecule has 1 aliphatic rings. The summed E-state index contributed by atoms with van der Waals surface area (Å²) in [7, 11) is 0. The van der Waals surface area contributed by atoms with Crippen LogP contribution in [0.4, 0.5) is 10.1 Å². The number of hydrogen-bond acceptors (Lipinski definition) is 1. The van der Waals surface area contributed by atoms with Gasteiger partial charge in [-0.25, -0.2) is 4.39 Å². The van der Waals surface area contributed by atoms with Gasteiger partial charge < -0.3 is 5.32 Å². The monoisotopic (exact) mass is 255 g/mol. The maximum absolute atomic E-state index is 14.4. The van der Waals surface area contributed by atoms with E-state index in [4.69, 9.17) is 0 Å². The van der Waals surface area contributed by atoms with Crippen LogP contribution in [0.15, 0.2) is 48.5 Å². The van der Waals surface area contributed by atoms with Gasteiger partial charge in [-0.05, 0) is 30.4 Å². The fourth-order valence-corrected chi connectivity index (χ4v) is 2.72. The molecule has 1 nitrogen and oxygen atoms in total. The third-order valence-corrected chi connectivity index (χ3v) is 3.75. The number of aryl methyl sites for hydroxylation is 1. The van der Waals surface area contributed by atoms with E-state index in [1.165, 1.54) is 11.1 Å². The quantitative estimate of drug-likeness (QED) is 0.859. The molecule has 98 valence electrons. The summed E-state index contributed by atoms with van der Waals surface area (Å²) in [6, 6.07) is 16.1. The number of para-hydroxylation sites is 1. The van der Waals surface area contributed by atoms with E-state index in [1.807, 2.05) is 30.3 Å². The van der Waals surface area contributed by atoms with Crippen LogP contribution < -0.4 is 5.32 Å². The summed E-state index contributed by atoms with van der Waals surface area (Å²) in [5, 5.41) is 3.31. The third kappa shape index (κ3) is 2.62. The molecule has 0 fully saturated rings. The van der Waals surface area contributed by atoms with Gasteiger partial charge in [-0.2, -0.15) is 0 Å². The minimum atomic E-state index is -0.888. The molecule has 0 saturated carbocycles. The Hall–Kier alpha value is -1.83. The van der Waals surface area contributed by atoms with E-state index < -0.39 is 6.17 Å². The second-order valence-electron chi connectivity index (χ2n) is 5.05. The Balaban J connectivity index is 1.71. The lowest BCUT2D eigenvalue weighted by Crippen LogP contribution is -2.00. The minimum absolute atomic E-state index is 0.544. The topological polar surface area (TPSA) is 12.0 Å². The molecule has 0 spiro atoms. The van der Waals surface area contributed by atoms with Gasteiger partial charge in [-0.3, -0.25) is 0 Å². The maximum Gasteiger partial charge on any atom is 0.127 e. The van der Waals surface area contributed by atoms with Crippen molar-refractivity contribution in [3.8, 4) is 0 Å². The van der Waals surface area contributed by atoms with Gasteiger partial charge in [0.15, 0.2) is 0 Å². The summed E-state index contributed by atoms with van der Waals surface area (Å²) in [5.41, 5.74) is 4.31. The van der Waals surface area contributed by atoms with E-state index in [2.05, 4.69) is 23.5 Å². The highest BCUT2D eigenvalue weighted by molar-refractivity contribution is 5.61. The van der Waals surface area contributed by atoms with Gasteiger partial charge >= 0.3 is 0 Å². The second kappa shape index (κ2) is 5.43. The molecule has 0 aliphatic carbocycles. The van der Waals surface area contributed by atoms with Crippen LogP contribution in [0, 0.1) is 0 Å². The number of alkyl halides is 1. The fraction of sp³-hybridized carbons (Fsp3) is 0.294. The molecule has 1 N–H and O–H groups in total. The average Bonchev–Trinajstić information content (AvgIpc) is 2.94. The lowest BCUT2D eigenvalue weighted by molar-refractivity contribution is 0.324. The van der Waals surface area contributed by atoms with Crippen molar-refractivity contribution in [1.29, 1.82) is 0 Å². The van der Waals surface area contributed by atoms with E-state index in [9.17, 15) is 4.39 Å². The second-order valence-corrected chi connectivity index (χ2v) is 5.05. The predicted octanol–water partition coefficient (Wildman–Crippen LogP) is 4.30. The number of hydrogen-bond donors (Lipinski definition) is 1. The number of fused-ring (bicyclic) bond motifs is 1. The molecule has 2 aromatic rings. The van der Waals surface area contributed by atoms with Crippen LogP contribution in [0.3, 0.4) is 0 Å². The molecule has 1 unspecified atom stereocenters. The van der Waals surface area contributed by atoms with Crippen molar-refractivity contribution < 1.29 is 4.39 Å². The summed E-state index contributed by atoms with van der Waals surface area (Å²) in [5.74, 6) is 0. The number of nitrogens with one attached hydrogen (secondary N) is 1. The Morgan fingerprint density at radius 3 is 2.74 bits per heavy atom. The molecule has 0 aromatic heterocycles. The van der Waals surface area contributed by atoms with Crippen molar-refractivity contribution in [3.05, 3.63) is 65.2 Å². The van der Waals surface area contributed by atoms with Gasteiger partial charge in [0.1, 0.15) is 6.17 Å². The van der Waals surface area contributed by atoms with Gasteiger partial charge in [-0.15, -0.1) is 0 Å². The van der Waals surface area contributed by atoms with Crippen LogP contribution in [0.25, 0.3) is 0 Å². The predicted molar refractivity (Wildman–Crippen MR) is 77.2 cm³/mol. The zero-order chi connectivity index (χ0) is 13.1. The van der Waals surface area contributed by atoms with Gasteiger partial charge in [0, 0.05) is 17.8 Å².